The Morgan fingerprint density at radius 2 is 1.87 bits per heavy atom. The van der Waals surface area contributed by atoms with Crippen molar-refractivity contribution in [2.75, 3.05) is 13.1 Å². The third kappa shape index (κ3) is 3.60. The molecule has 1 saturated carbocycles. The standard InChI is InChI=1S/C15H22N2O4S2/c18-12-5-3-11(4-6-12)16-15(19)14-13(7-10-22-14)23(20,21)17-8-1-2-9-17/h7,10-12,18H,1-6,8-9H2,(H,16,19). The van der Waals surface area contributed by atoms with Crippen molar-refractivity contribution >= 4 is 27.3 Å². The van der Waals surface area contributed by atoms with Crippen LogP contribution in [0.1, 0.15) is 48.2 Å². The van der Waals surface area contributed by atoms with E-state index in [-0.39, 0.29) is 27.8 Å². The molecule has 8 heteroatoms. The van der Waals surface area contributed by atoms with Gasteiger partial charge in [0.05, 0.1) is 6.10 Å². The number of nitrogens with one attached hydrogen (secondary N) is 1. The quantitative estimate of drug-likeness (QED) is 0.855. The lowest BCUT2D eigenvalue weighted by Gasteiger charge is -2.26. The summed E-state index contributed by atoms with van der Waals surface area (Å²) in [5.41, 5.74) is 0. The van der Waals surface area contributed by atoms with Crippen LogP contribution in [-0.4, -0.2) is 49.0 Å². The highest BCUT2D eigenvalue weighted by molar-refractivity contribution is 7.89. The Hall–Kier alpha value is -0.960. The molecular formula is C15H22N2O4S2. The Kier molecular flexibility index (Phi) is 5.05. The number of carbonyl (C=O) groups excluding carboxylic acids is 1. The summed E-state index contributed by atoms with van der Waals surface area (Å²) >= 11 is 1.17. The van der Waals surface area contributed by atoms with Crippen LogP contribution >= 0.6 is 11.3 Å². The molecule has 1 aromatic rings. The van der Waals surface area contributed by atoms with Crippen LogP contribution in [0.15, 0.2) is 16.3 Å². The SMILES string of the molecule is O=C(NC1CCC(O)CC1)c1sccc1S(=O)(=O)N1CCCC1. The summed E-state index contributed by atoms with van der Waals surface area (Å²) in [6.45, 7) is 1.06. The topological polar surface area (TPSA) is 86.7 Å². The molecule has 2 heterocycles. The molecule has 0 aromatic carbocycles. The second kappa shape index (κ2) is 6.88. The van der Waals surface area contributed by atoms with Crippen LogP contribution in [0.2, 0.25) is 0 Å². The van der Waals surface area contributed by atoms with Crippen molar-refractivity contribution in [2.24, 2.45) is 0 Å². The first-order valence-electron chi connectivity index (χ1n) is 8.05. The third-order valence-electron chi connectivity index (χ3n) is 4.55. The molecule has 6 nitrogen and oxygen atoms in total. The molecule has 0 bridgehead atoms. The average molecular weight is 358 g/mol. The number of hydrogen-bond donors (Lipinski definition) is 2. The second-order valence-corrected chi connectivity index (χ2v) is 9.03. The molecule has 1 saturated heterocycles. The van der Waals surface area contributed by atoms with Crippen LogP contribution < -0.4 is 5.32 Å². The predicted molar refractivity (Wildman–Crippen MR) is 88.0 cm³/mol. The van der Waals surface area contributed by atoms with Gasteiger partial charge in [0.1, 0.15) is 9.77 Å². The molecule has 3 rings (SSSR count). The molecule has 128 valence electrons. The number of hydrogen-bond acceptors (Lipinski definition) is 5. The first kappa shape index (κ1) is 16.9. The highest BCUT2D eigenvalue weighted by atomic mass is 32.2. The smallest absolute Gasteiger partial charge is 0.262 e. The molecule has 23 heavy (non-hydrogen) atoms. The van der Waals surface area contributed by atoms with Gasteiger partial charge in [-0.25, -0.2) is 8.42 Å². The van der Waals surface area contributed by atoms with Gasteiger partial charge in [-0.3, -0.25) is 4.79 Å². The van der Waals surface area contributed by atoms with Gasteiger partial charge in [-0.1, -0.05) is 0 Å². The predicted octanol–water partition coefficient (Wildman–Crippen LogP) is 1.57. The molecule has 2 N–H and O–H groups in total. The summed E-state index contributed by atoms with van der Waals surface area (Å²) in [6.07, 6.45) is 4.27. The van der Waals surface area contributed by atoms with Crippen LogP contribution in [0.3, 0.4) is 0 Å². The maximum Gasteiger partial charge on any atom is 0.262 e. The average Bonchev–Trinajstić information content (AvgIpc) is 3.21. The molecule has 2 fully saturated rings. The lowest BCUT2D eigenvalue weighted by atomic mass is 9.93. The van der Waals surface area contributed by atoms with Crippen molar-refractivity contribution in [1.29, 1.82) is 0 Å². The third-order valence-corrected chi connectivity index (χ3v) is 7.53. The Labute approximate surface area is 140 Å². The molecule has 1 amide bonds. The zero-order chi connectivity index (χ0) is 16.4. The van der Waals surface area contributed by atoms with E-state index in [9.17, 15) is 18.3 Å². The molecule has 1 aromatic heterocycles. The van der Waals surface area contributed by atoms with E-state index in [1.165, 1.54) is 21.7 Å². The summed E-state index contributed by atoms with van der Waals surface area (Å²) in [7, 11) is -3.58. The van der Waals surface area contributed by atoms with Crippen molar-refractivity contribution in [3.05, 3.63) is 16.3 Å². The van der Waals surface area contributed by atoms with E-state index in [0.717, 1.165) is 25.7 Å². The second-order valence-electron chi connectivity index (χ2n) is 6.20. The van der Waals surface area contributed by atoms with Gasteiger partial charge in [0.15, 0.2) is 0 Å². The number of thiophene rings is 1. The normalized spacial score (nSPS) is 26.3. The Bertz CT molecular complexity index is 657. The van der Waals surface area contributed by atoms with Crippen LogP contribution in [0.4, 0.5) is 0 Å². The Morgan fingerprint density at radius 3 is 2.52 bits per heavy atom. The van der Waals surface area contributed by atoms with Crippen LogP contribution in [0.5, 0.6) is 0 Å². The molecule has 0 atom stereocenters. The fourth-order valence-corrected chi connectivity index (χ4v) is 6.03. The van der Waals surface area contributed by atoms with Gasteiger partial charge >= 0.3 is 0 Å². The number of nitrogens with zero attached hydrogens (tertiary/aromatic N) is 1. The van der Waals surface area contributed by atoms with Crippen molar-refractivity contribution in [2.45, 2.75) is 55.6 Å². The van der Waals surface area contributed by atoms with Crippen LogP contribution in [0.25, 0.3) is 0 Å². The van der Waals surface area contributed by atoms with Gasteiger partial charge in [0, 0.05) is 19.1 Å². The Morgan fingerprint density at radius 1 is 1.22 bits per heavy atom. The summed E-state index contributed by atoms with van der Waals surface area (Å²) < 4.78 is 26.8. The molecule has 0 spiro atoms. The van der Waals surface area contributed by atoms with Gasteiger partial charge in [-0.2, -0.15) is 4.31 Å². The van der Waals surface area contributed by atoms with Crippen molar-refractivity contribution in [1.82, 2.24) is 9.62 Å². The van der Waals surface area contributed by atoms with Gasteiger partial charge in [0.25, 0.3) is 5.91 Å². The molecule has 0 unspecified atom stereocenters. The molecule has 2 aliphatic rings. The number of rotatable bonds is 4. The number of aliphatic hydroxyl groups is 1. The Balaban J connectivity index is 1.74. The van der Waals surface area contributed by atoms with Gasteiger partial charge in [0.2, 0.25) is 10.0 Å². The number of carbonyl (C=O) groups is 1. The van der Waals surface area contributed by atoms with E-state index in [4.69, 9.17) is 0 Å². The summed E-state index contributed by atoms with van der Waals surface area (Å²) in [5.74, 6) is -0.320. The number of amides is 1. The van der Waals surface area contributed by atoms with E-state index in [0.29, 0.717) is 25.9 Å². The van der Waals surface area contributed by atoms with Crippen molar-refractivity contribution in [3.8, 4) is 0 Å². The van der Waals surface area contributed by atoms with Gasteiger partial charge < -0.3 is 10.4 Å². The fraction of sp³-hybridized carbons (Fsp3) is 0.667. The van der Waals surface area contributed by atoms with Crippen molar-refractivity contribution < 1.29 is 18.3 Å². The van der Waals surface area contributed by atoms with Gasteiger partial charge in [-0.05, 0) is 50.0 Å². The number of aliphatic hydroxyl groups excluding tert-OH is 1. The minimum Gasteiger partial charge on any atom is -0.393 e. The minimum absolute atomic E-state index is 0.00957. The van der Waals surface area contributed by atoms with Crippen molar-refractivity contribution in [3.63, 3.8) is 0 Å². The molecule has 0 radical (unpaired) electrons. The van der Waals surface area contributed by atoms with E-state index in [2.05, 4.69) is 5.32 Å². The van der Waals surface area contributed by atoms with E-state index in [1.54, 1.807) is 5.38 Å². The highest BCUT2D eigenvalue weighted by Crippen LogP contribution is 2.28. The largest absolute Gasteiger partial charge is 0.393 e. The highest BCUT2D eigenvalue weighted by Gasteiger charge is 2.32. The lowest BCUT2D eigenvalue weighted by molar-refractivity contribution is 0.0868. The summed E-state index contributed by atoms with van der Waals surface area (Å²) in [4.78, 5) is 12.9. The summed E-state index contributed by atoms with van der Waals surface area (Å²) in [5, 5.41) is 14.1. The lowest BCUT2D eigenvalue weighted by Crippen LogP contribution is -2.39. The molecular weight excluding hydrogens is 336 g/mol. The first-order chi connectivity index (χ1) is 11.0. The van der Waals surface area contributed by atoms with Gasteiger partial charge in [-0.15, -0.1) is 11.3 Å². The van der Waals surface area contributed by atoms with Crippen LogP contribution in [-0.2, 0) is 10.0 Å². The minimum atomic E-state index is -3.58. The summed E-state index contributed by atoms with van der Waals surface area (Å²) in [6, 6.07) is 1.54. The maximum absolute atomic E-state index is 12.7. The van der Waals surface area contributed by atoms with Crippen LogP contribution in [0, 0.1) is 0 Å². The molecule has 1 aliphatic carbocycles. The monoisotopic (exact) mass is 358 g/mol. The first-order valence-corrected chi connectivity index (χ1v) is 10.4. The van der Waals surface area contributed by atoms with E-state index in [1.807, 2.05) is 0 Å². The number of sulfonamides is 1. The van der Waals surface area contributed by atoms with E-state index < -0.39 is 10.0 Å². The zero-order valence-electron chi connectivity index (χ0n) is 12.9. The maximum atomic E-state index is 12.7. The fourth-order valence-electron chi connectivity index (χ4n) is 3.20. The zero-order valence-corrected chi connectivity index (χ0v) is 14.5. The van der Waals surface area contributed by atoms with E-state index >= 15 is 0 Å². The molecule has 1 aliphatic heterocycles.